The van der Waals surface area contributed by atoms with Crippen molar-refractivity contribution in [1.29, 1.82) is 0 Å². The van der Waals surface area contributed by atoms with Gasteiger partial charge in [0.2, 0.25) is 0 Å². The van der Waals surface area contributed by atoms with Crippen LogP contribution in [-0.4, -0.2) is 48.3 Å². The molecule has 6 heteroatoms. The summed E-state index contributed by atoms with van der Waals surface area (Å²) < 4.78 is 11.3. The van der Waals surface area contributed by atoms with E-state index in [1.54, 1.807) is 24.1 Å². The van der Waals surface area contributed by atoms with Gasteiger partial charge in [0.15, 0.2) is 11.5 Å². The quantitative estimate of drug-likeness (QED) is 0.813. The lowest BCUT2D eigenvalue weighted by Gasteiger charge is -2.27. The molecule has 0 spiro atoms. The number of nitrogens with zero attached hydrogens (tertiary/aromatic N) is 1. The third-order valence-corrected chi connectivity index (χ3v) is 4.55. The maximum absolute atomic E-state index is 12.8. The maximum atomic E-state index is 12.8. The Hall–Kier alpha value is -1.46. The van der Waals surface area contributed by atoms with Crippen LogP contribution in [0.25, 0.3) is 0 Å². The van der Waals surface area contributed by atoms with Gasteiger partial charge in [0.25, 0.3) is 5.91 Å². The highest BCUT2D eigenvalue weighted by Gasteiger charge is 2.32. The summed E-state index contributed by atoms with van der Waals surface area (Å²) in [6.45, 7) is 4.86. The molecular formula is C18H26ClNO4. The number of carbonyl (C=O) groups is 1. The Labute approximate surface area is 148 Å². The number of ether oxygens (including phenoxy) is 2. The largest absolute Gasteiger partial charge is 0.490 e. The Morgan fingerprint density at radius 1 is 1.33 bits per heavy atom. The van der Waals surface area contributed by atoms with Crippen molar-refractivity contribution in [1.82, 2.24) is 4.90 Å². The van der Waals surface area contributed by atoms with Crippen LogP contribution in [0.2, 0.25) is 5.02 Å². The van der Waals surface area contributed by atoms with Gasteiger partial charge in [0.1, 0.15) is 0 Å². The summed E-state index contributed by atoms with van der Waals surface area (Å²) in [5.74, 6) is 0.772. The average Bonchev–Trinajstić information content (AvgIpc) is 2.99. The molecule has 1 amide bonds. The van der Waals surface area contributed by atoms with Crippen LogP contribution < -0.4 is 9.47 Å². The van der Waals surface area contributed by atoms with E-state index in [1.807, 2.05) is 13.8 Å². The number of rotatable bonds is 7. The van der Waals surface area contributed by atoms with E-state index >= 15 is 0 Å². The van der Waals surface area contributed by atoms with Gasteiger partial charge >= 0.3 is 0 Å². The fraction of sp³-hybridized carbons (Fsp3) is 0.611. The predicted octanol–water partition coefficient (Wildman–Crippen LogP) is 3.51. The summed E-state index contributed by atoms with van der Waals surface area (Å²) in [6, 6.07) is 3.12. The Balaban J connectivity index is 2.27. The van der Waals surface area contributed by atoms with E-state index in [9.17, 15) is 9.90 Å². The molecule has 0 saturated heterocycles. The summed E-state index contributed by atoms with van der Waals surface area (Å²) in [5, 5.41) is 10.4. The monoisotopic (exact) mass is 355 g/mol. The minimum atomic E-state index is -0.465. The van der Waals surface area contributed by atoms with Gasteiger partial charge in [0.05, 0.1) is 30.4 Å². The van der Waals surface area contributed by atoms with Crippen LogP contribution in [0.4, 0.5) is 0 Å². The maximum Gasteiger partial charge on any atom is 0.254 e. The molecule has 1 aromatic rings. The van der Waals surface area contributed by atoms with Crippen molar-refractivity contribution in [3.63, 3.8) is 0 Å². The summed E-state index contributed by atoms with van der Waals surface area (Å²) in [5.41, 5.74) is 0.439. The van der Waals surface area contributed by atoms with E-state index in [0.29, 0.717) is 35.3 Å². The normalized spacial score (nSPS) is 20.0. The molecule has 0 heterocycles. The molecule has 0 aromatic heterocycles. The Kier molecular flexibility index (Phi) is 6.75. The van der Waals surface area contributed by atoms with Crippen LogP contribution in [-0.2, 0) is 0 Å². The molecule has 1 N–H and O–H groups in total. The highest BCUT2D eigenvalue weighted by atomic mass is 35.5. The van der Waals surface area contributed by atoms with Gasteiger partial charge < -0.3 is 19.5 Å². The van der Waals surface area contributed by atoms with Crippen LogP contribution >= 0.6 is 11.6 Å². The first-order valence-corrected chi connectivity index (χ1v) is 8.91. The first-order valence-electron chi connectivity index (χ1n) is 8.53. The van der Waals surface area contributed by atoms with Gasteiger partial charge in [-0.05, 0) is 44.7 Å². The van der Waals surface area contributed by atoms with Gasteiger partial charge in [-0.25, -0.2) is 0 Å². The number of amides is 1. The minimum Gasteiger partial charge on any atom is -0.490 e. The van der Waals surface area contributed by atoms with Crippen LogP contribution in [0.3, 0.4) is 0 Å². The molecular weight excluding hydrogens is 330 g/mol. The number of aliphatic hydroxyl groups is 1. The zero-order valence-electron chi connectivity index (χ0n) is 14.5. The van der Waals surface area contributed by atoms with Crippen molar-refractivity contribution in [2.24, 2.45) is 0 Å². The highest BCUT2D eigenvalue weighted by Crippen LogP contribution is 2.37. The van der Waals surface area contributed by atoms with Gasteiger partial charge in [-0.15, -0.1) is 0 Å². The van der Waals surface area contributed by atoms with E-state index in [-0.39, 0.29) is 11.9 Å². The number of hydrogen-bond acceptors (Lipinski definition) is 4. The van der Waals surface area contributed by atoms with Crippen LogP contribution in [0.15, 0.2) is 12.1 Å². The standard InChI is InChI=1S/C18H26ClNO4/c1-4-9-24-17-13(19)10-12(11-16(17)23-5-2)18(22)20(3)14-7-6-8-15(14)21/h10-11,14-15,21H,4-9H2,1-3H3/t14-,15-/m1/s1. The number of carbonyl (C=O) groups excluding carboxylic acids is 1. The zero-order chi connectivity index (χ0) is 17.7. The topological polar surface area (TPSA) is 59.0 Å². The minimum absolute atomic E-state index is 0.150. The molecule has 1 aromatic carbocycles. The molecule has 1 aliphatic rings. The Morgan fingerprint density at radius 3 is 2.67 bits per heavy atom. The second kappa shape index (κ2) is 8.58. The predicted molar refractivity (Wildman–Crippen MR) is 94.1 cm³/mol. The first-order chi connectivity index (χ1) is 11.5. The van der Waals surface area contributed by atoms with Crippen molar-refractivity contribution in [2.45, 2.75) is 51.7 Å². The number of aliphatic hydroxyl groups excluding tert-OH is 1. The lowest BCUT2D eigenvalue weighted by atomic mass is 10.1. The Morgan fingerprint density at radius 2 is 2.08 bits per heavy atom. The molecule has 24 heavy (non-hydrogen) atoms. The first kappa shape index (κ1) is 18.9. The van der Waals surface area contributed by atoms with Crippen LogP contribution in [0, 0.1) is 0 Å². The van der Waals surface area contributed by atoms with E-state index in [0.717, 1.165) is 25.7 Å². The number of halogens is 1. The highest BCUT2D eigenvalue weighted by molar-refractivity contribution is 6.32. The molecule has 1 fully saturated rings. The molecule has 2 rings (SSSR count). The SMILES string of the molecule is CCCOc1c(Cl)cc(C(=O)N(C)[C@@H]2CCC[C@H]2O)cc1OCC. The van der Waals surface area contributed by atoms with Crippen LogP contribution in [0.1, 0.15) is 49.9 Å². The smallest absolute Gasteiger partial charge is 0.254 e. The van der Waals surface area contributed by atoms with Gasteiger partial charge in [-0.1, -0.05) is 18.5 Å². The fourth-order valence-electron chi connectivity index (χ4n) is 3.03. The Bertz CT molecular complexity index is 578. The molecule has 0 unspecified atom stereocenters. The summed E-state index contributed by atoms with van der Waals surface area (Å²) in [6.07, 6.45) is 2.86. The second-order valence-corrected chi connectivity index (χ2v) is 6.46. The van der Waals surface area contributed by atoms with Crippen LogP contribution in [0.5, 0.6) is 11.5 Å². The average molecular weight is 356 g/mol. The fourth-order valence-corrected chi connectivity index (χ4v) is 3.29. The zero-order valence-corrected chi connectivity index (χ0v) is 15.3. The van der Waals surface area contributed by atoms with Crippen molar-refractivity contribution in [3.8, 4) is 11.5 Å². The van der Waals surface area contributed by atoms with E-state index in [4.69, 9.17) is 21.1 Å². The van der Waals surface area contributed by atoms with E-state index in [1.165, 1.54) is 0 Å². The summed E-state index contributed by atoms with van der Waals surface area (Å²) >= 11 is 6.32. The molecule has 5 nitrogen and oxygen atoms in total. The van der Waals surface area contributed by atoms with Crippen molar-refractivity contribution in [3.05, 3.63) is 22.7 Å². The molecule has 0 bridgehead atoms. The summed E-state index contributed by atoms with van der Waals surface area (Å²) in [4.78, 5) is 14.4. The van der Waals surface area contributed by atoms with Crippen molar-refractivity contribution in [2.75, 3.05) is 20.3 Å². The second-order valence-electron chi connectivity index (χ2n) is 6.05. The third kappa shape index (κ3) is 4.14. The number of likely N-dealkylation sites (N-methyl/N-ethyl adjacent to an activating group) is 1. The number of benzene rings is 1. The molecule has 1 aliphatic carbocycles. The van der Waals surface area contributed by atoms with Gasteiger partial charge in [-0.3, -0.25) is 4.79 Å². The van der Waals surface area contributed by atoms with Gasteiger partial charge in [-0.2, -0.15) is 0 Å². The molecule has 134 valence electrons. The lowest BCUT2D eigenvalue weighted by Crippen LogP contribution is -2.41. The van der Waals surface area contributed by atoms with Crippen molar-refractivity contribution >= 4 is 17.5 Å². The molecule has 0 radical (unpaired) electrons. The van der Waals surface area contributed by atoms with E-state index < -0.39 is 6.10 Å². The number of hydrogen-bond donors (Lipinski definition) is 1. The molecule has 0 aliphatic heterocycles. The summed E-state index contributed by atoms with van der Waals surface area (Å²) in [7, 11) is 1.72. The lowest BCUT2D eigenvalue weighted by molar-refractivity contribution is 0.0538. The molecule has 2 atom stereocenters. The van der Waals surface area contributed by atoms with Gasteiger partial charge in [0, 0.05) is 12.6 Å². The van der Waals surface area contributed by atoms with Crippen molar-refractivity contribution < 1.29 is 19.4 Å². The third-order valence-electron chi connectivity index (χ3n) is 4.27. The van der Waals surface area contributed by atoms with E-state index in [2.05, 4.69) is 0 Å². The molecule has 1 saturated carbocycles.